The zero-order valence-electron chi connectivity index (χ0n) is 21.8. The Kier molecular flexibility index (Phi) is 24.5. The summed E-state index contributed by atoms with van der Waals surface area (Å²) in [6.45, 7) is 10.4. The van der Waals surface area contributed by atoms with Crippen molar-refractivity contribution in [1.82, 2.24) is 10.6 Å². The van der Waals surface area contributed by atoms with E-state index in [1.165, 1.54) is 16.7 Å². The van der Waals surface area contributed by atoms with E-state index in [-0.39, 0.29) is 31.1 Å². The first-order valence-corrected chi connectivity index (χ1v) is 12.9. The SMILES string of the molecule is CCCOC(=O)NC(CC)[NH+](C)C.CCCOC(=O)NC(CC)[NH+](C)C.CCOP(=O)([O-])[O-]. The number of phosphoric acid groups is 1. The van der Waals surface area contributed by atoms with Gasteiger partial charge in [0.05, 0.1) is 49.2 Å². The summed E-state index contributed by atoms with van der Waals surface area (Å²) in [6.07, 6.45) is 3.20. The minimum absolute atomic E-state index is 0.0791. The molecule has 0 aliphatic heterocycles. The number of amides is 2. The Morgan fingerprint density at radius 3 is 1.27 bits per heavy atom. The summed E-state index contributed by atoms with van der Waals surface area (Å²) in [7, 11) is 3.37. The Bertz CT molecular complexity index is 498. The largest absolute Gasteiger partial charge is 0.790 e. The fourth-order valence-corrected chi connectivity index (χ4v) is 2.54. The molecule has 0 aliphatic rings. The lowest BCUT2D eigenvalue weighted by Gasteiger charge is -2.27. The van der Waals surface area contributed by atoms with Gasteiger partial charge in [-0.15, -0.1) is 0 Å². The van der Waals surface area contributed by atoms with Crippen molar-refractivity contribution >= 4 is 20.0 Å². The number of hydrogen-bond donors (Lipinski definition) is 4. The maximum Gasteiger partial charge on any atom is 0.411 e. The van der Waals surface area contributed by atoms with Gasteiger partial charge in [-0.05, 0) is 19.8 Å². The van der Waals surface area contributed by atoms with Crippen molar-refractivity contribution in [3.8, 4) is 0 Å². The Labute approximate surface area is 199 Å². The van der Waals surface area contributed by atoms with Gasteiger partial charge in [0, 0.05) is 19.4 Å². The highest BCUT2D eigenvalue weighted by Crippen LogP contribution is 2.23. The highest BCUT2D eigenvalue weighted by atomic mass is 31.2. The van der Waals surface area contributed by atoms with Crippen LogP contribution in [0.3, 0.4) is 0 Å². The number of nitrogens with one attached hydrogen (secondary N) is 4. The van der Waals surface area contributed by atoms with E-state index in [1.54, 1.807) is 0 Å². The maximum absolute atomic E-state index is 11.1. The summed E-state index contributed by atoms with van der Waals surface area (Å²) in [5, 5.41) is 5.61. The zero-order valence-corrected chi connectivity index (χ0v) is 22.7. The van der Waals surface area contributed by atoms with E-state index in [4.69, 9.17) is 9.47 Å². The summed E-state index contributed by atoms with van der Waals surface area (Å²) in [5.41, 5.74) is 0. The standard InChI is InChI=1S/2C9H20N2O2.C2H7O4P/c2*1-5-7-13-9(12)10-8(6-2)11(3)4;1-2-6-7(3,4)5/h2*8H,5-7H2,1-4H3,(H,10,12);2H2,1H3,(H2,3,4,5). The van der Waals surface area contributed by atoms with E-state index < -0.39 is 7.82 Å². The second-order valence-corrected chi connectivity index (χ2v) is 8.65. The lowest BCUT2D eigenvalue weighted by atomic mass is 10.3. The molecule has 0 aromatic heterocycles. The predicted molar refractivity (Wildman–Crippen MR) is 123 cm³/mol. The van der Waals surface area contributed by atoms with Crippen LogP contribution in [0.2, 0.25) is 0 Å². The minimum atomic E-state index is -4.67. The average molecular weight is 503 g/mol. The molecule has 2 amide bonds. The third-order valence-corrected chi connectivity index (χ3v) is 4.53. The molecule has 0 saturated heterocycles. The van der Waals surface area contributed by atoms with Crippen LogP contribution >= 0.6 is 7.82 Å². The molecule has 4 N–H and O–H groups in total. The monoisotopic (exact) mass is 502 g/mol. The minimum Gasteiger partial charge on any atom is -0.790 e. The summed E-state index contributed by atoms with van der Waals surface area (Å²) < 4.78 is 23.0. The first-order valence-electron chi connectivity index (χ1n) is 11.4. The van der Waals surface area contributed by atoms with E-state index in [2.05, 4.69) is 15.2 Å². The molecule has 12 nitrogen and oxygen atoms in total. The molecule has 0 rings (SSSR count). The van der Waals surface area contributed by atoms with Gasteiger partial charge in [0.15, 0.2) is 12.3 Å². The molecule has 0 aromatic rings. The van der Waals surface area contributed by atoms with E-state index in [1.807, 2.05) is 55.9 Å². The molecule has 0 spiro atoms. The third kappa shape index (κ3) is 26.7. The van der Waals surface area contributed by atoms with Gasteiger partial charge < -0.3 is 38.1 Å². The maximum atomic E-state index is 11.1. The highest BCUT2D eigenvalue weighted by Gasteiger charge is 2.16. The van der Waals surface area contributed by atoms with Crippen molar-refractivity contribution in [3.05, 3.63) is 0 Å². The molecule has 0 aromatic carbocycles. The first kappa shape index (κ1) is 36.1. The van der Waals surface area contributed by atoms with Crippen LogP contribution in [0.1, 0.15) is 60.3 Å². The van der Waals surface area contributed by atoms with E-state index >= 15 is 0 Å². The smallest absolute Gasteiger partial charge is 0.411 e. The van der Waals surface area contributed by atoms with Crippen molar-refractivity contribution in [3.63, 3.8) is 0 Å². The predicted octanol–water partition coefficient (Wildman–Crippen LogP) is -1.14. The normalized spacial score (nSPS) is 12.5. The number of carbonyl (C=O) groups is 2. The molecule has 2 atom stereocenters. The molecule has 200 valence electrons. The second kappa shape index (κ2) is 22.4. The molecule has 0 bridgehead atoms. The van der Waals surface area contributed by atoms with Crippen LogP contribution in [0.25, 0.3) is 0 Å². The fraction of sp³-hybridized carbons (Fsp3) is 0.900. The van der Waals surface area contributed by atoms with Gasteiger partial charge in [-0.3, -0.25) is 10.6 Å². The third-order valence-electron chi connectivity index (χ3n) is 3.96. The van der Waals surface area contributed by atoms with Crippen LogP contribution in [0.5, 0.6) is 0 Å². The zero-order chi connectivity index (χ0) is 26.4. The van der Waals surface area contributed by atoms with Crippen molar-refractivity contribution in [2.24, 2.45) is 0 Å². The first-order chi connectivity index (χ1) is 15.3. The van der Waals surface area contributed by atoms with Crippen LogP contribution in [-0.4, -0.2) is 72.5 Å². The molecule has 13 heteroatoms. The molecule has 33 heavy (non-hydrogen) atoms. The number of phosphoric ester groups is 1. The summed E-state index contributed by atoms with van der Waals surface area (Å²) in [6, 6.07) is 0. The Morgan fingerprint density at radius 1 is 0.788 bits per heavy atom. The van der Waals surface area contributed by atoms with Crippen molar-refractivity contribution in [2.45, 2.75) is 72.6 Å². The average Bonchev–Trinajstić information content (AvgIpc) is 2.72. The van der Waals surface area contributed by atoms with Crippen LogP contribution in [0, 0.1) is 0 Å². The van der Waals surface area contributed by atoms with Gasteiger partial charge in [0.1, 0.15) is 0 Å². The van der Waals surface area contributed by atoms with Crippen molar-refractivity contribution in [1.29, 1.82) is 0 Å². The molecule has 0 fully saturated rings. The number of rotatable bonds is 12. The van der Waals surface area contributed by atoms with Gasteiger partial charge in [-0.1, -0.05) is 27.7 Å². The second-order valence-electron chi connectivity index (χ2n) is 7.50. The lowest BCUT2D eigenvalue weighted by Crippen LogP contribution is -3.12. The van der Waals surface area contributed by atoms with E-state index in [0.29, 0.717) is 13.2 Å². The Hall–Kier alpha value is -1.43. The van der Waals surface area contributed by atoms with Crippen LogP contribution in [-0.2, 0) is 18.6 Å². The summed E-state index contributed by atoms with van der Waals surface area (Å²) in [4.78, 5) is 43.6. The number of ether oxygens (including phenoxy) is 2. The Balaban J connectivity index is -0.000000429. The van der Waals surface area contributed by atoms with Crippen LogP contribution in [0.4, 0.5) is 9.59 Å². The van der Waals surface area contributed by atoms with Gasteiger partial charge in [0.25, 0.3) is 0 Å². The fourth-order valence-electron chi connectivity index (χ4n) is 2.22. The number of carbonyl (C=O) groups excluding carboxylic acids is 2. The highest BCUT2D eigenvalue weighted by molar-refractivity contribution is 7.43. The van der Waals surface area contributed by atoms with E-state index in [9.17, 15) is 23.9 Å². The number of alkyl carbamates (subject to hydrolysis) is 2. The summed E-state index contributed by atoms with van der Waals surface area (Å²) in [5.74, 6) is 0. The van der Waals surface area contributed by atoms with Gasteiger partial charge in [-0.25, -0.2) is 9.59 Å². The molecule has 0 heterocycles. The van der Waals surface area contributed by atoms with Crippen molar-refractivity contribution < 1.29 is 47.7 Å². The number of hydrogen-bond acceptors (Lipinski definition) is 8. The summed E-state index contributed by atoms with van der Waals surface area (Å²) >= 11 is 0. The quantitative estimate of drug-likeness (QED) is 0.193. The molecule has 0 radical (unpaired) electrons. The van der Waals surface area contributed by atoms with Crippen LogP contribution < -0.4 is 30.2 Å². The Morgan fingerprint density at radius 2 is 1.12 bits per heavy atom. The van der Waals surface area contributed by atoms with Crippen LogP contribution in [0.15, 0.2) is 0 Å². The van der Waals surface area contributed by atoms with Crippen molar-refractivity contribution in [2.75, 3.05) is 48.0 Å². The van der Waals surface area contributed by atoms with E-state index in [0.717, 1.165) is 25.7 Å². The molecular formula is C20H47N4O8P. The van der Waals surface area contributed by atoms with Gasteiger partial charge >= 0.3 is 12.2 Å². The molecular weight excluding hydrogens is 455 g/mol. The molecule has 2 unspecified atom stereocenters. The van der Waals surface area contributed by atoms with Gasteiger partial charge in [0.2, 0.25) is 0 Å². The van der Waals surface area contributed by atoms with Gasteiger partial charge in [-0.2, -0.15) is 0 Å². The number of quaternary nitrogens is 2. The lowest BCUT2D eigenvalue weighted by molar-refractivity contribution is -0.888. The molecule has 0 aliphatic carbocycles. The molecule has 0 saturated carbocycles. The topological polar surface area (TPSA) is 158 Å².